The van der Waals surface area contributed by atoms with Crippen LogP contribution in [0.25, 0.3) is 16.9 Å². The molecule has 1 aliphatic carbocycles. The van der Waals surface area contributed by atoms with Gasteiger partial charge in [-0.15, -0.1) is 0 Å². The van der Waals surface area contributed by atoms with Crippen LogP contribution in [0.2, 0.25) is 0 Å². The molecule has 3 aromatic carbocycles. The summed E-state index contributed by atoms with van der Waals surface area (Å²) in [7, 11) is 0. The SMILES string of the molecule is Cc1ccc(-c2cc(C3(O)CCC(OC(=O)[C@@H](NC(=O)OCc4ccccc4)C(C)C)CC3)nn2-c2ccc(CO)cc2)cc1. The van der Waals surface area contributed by atoms with E-state index in [2.05, 4.69) is 5.32 Å². The second-order valence-electron chi connectivity index (χ2n) is 12.1. The molecule has 0 saturated heterocycles. The lowest BCUT2D eigenvalue weighted by atomic mass is 9.81. The molecule has 1 aliphatic rings. The van der Waals surface area contributed by atoms with Gasteiger partial charge in [0.1, 0.15) is 24.4 Å². The monoisotopic (exact) mass is 611 g/mol. The van der Waals surface area contributed by atoms with Crippen LogP contribution in [0, 0.1) is 12.8 Å². The molecule has 1 amide bonds. The molecule has 1 aromatic heterocycles. The van der Waals surface area contributed by atoms with Crippen molar-refractivity contribution in [2.24, 2.45) is 5.92 Å². The second kappa shape index (κ2) is 14.1. The van der Waals surface area contributed by atoms with Gasteiger partial charge in [0.15, 0.2) is 0 Å². The summed E-state index contributed by atoms with van der Waals surface area (Å²) < 4.78 is 13.0. The van der Waals surface area contributed by atoms with Crippen molar-refractivity contribution in [3.05, 3.63) is 107 Å². The zero-order valence-electron chi connectivity index (χ0n) is 26.0. The van der Waals surface area contributed by atoms with Crippen LogP contribution in [0.15, 0.2) is 84.9 Å². The molecule has 0 unspecified atom stereocenters. The summed E-state index contributed by atoms with van der Waals surface area (Å²) in [5.74, 6) is -0.729. The lowest BCUT2D eigenvalue weighted by Crippen LogP contribution is -2.47. The van der Waals surface area contributed by atoms with E-state index < -0.39 is 29.8 Å². The van der Waals surface area contributed by atoms with Crippen LogP contribution in [-0.2, 0) is 33.1 Å². The Morgan fingerprint density at radius 1 is 0.978 bits per heavy atom. The molecule has 9 nitrogen and oxygen atoms in total. The smallest absolute Gasteiger partial charge is 0.408 e. The van der Waals surface area contributed by atoms with E-state index in [0.717, 1.165) is 33.6 Å². The molecule has 0 radical (unpaired) electrons. The second-order valence-corrected chi connectivity index (χ2v) is 12.1. The first-order valence-electron chi connectivity index (χ1n) is 15.4. The van der Waals surface area contributed by atoms with Crippen molar-refractivity contribution in [1.29, 1.82) is 0 Å². The average molecular weight is 612 g/mol. The Hall–Kier alpha value is -4.47. The normalized spacial score (nSPS) is 18.8. The molecule has 3 N–H and O–H groups in total. The molecular weight excluding hydrogens is 570 g/mol. The number of nitrogens with zero attached hydrogens (tertiary/aromatic N) is 2. The van der Waals surface area contributed by atoms with E-state index in [4.69, 9.17) is 14.6 Å². The Morgan fingerprint density at radius 3 is 2.27 bits per heavy atom. The Bertz CT molecular complexity index is 1570. The van der Waals surface area contributed by atoms with Crippen molar-refractivity contribution in [3.63, 3.8) is 0 Å². The number of benzene rings is 3. The number of hydrogen-bond acceptors (Lipinski definition) is 7. The maximum Gasteiger partial charge on any atom is 0.408 e. The van der Waals surface area contributed by atoms with Crippen LogP contribution < -0.4 is 5.32 Å². The van der Waals surface area contributed by atoms with E-state index in [1.807, 2.05) is 110 Å². The molecule has 0 spiro atoms. The fraction of sp³-hybridized carbons (Fsp3) is 0.361. The minimum absolute atomic E-state index is 0.0483. The predicted octanol–water partition coefficient (Wildman–Crippen LogP) is 5.96. The van der Waals surface area contributed by atoms with Crippen LogP contribution in [0.5, 0.6) is 0 Å². The van der Waals surface area contributed by atoms with Gasteiger partial charge >= 0.3 is 12.1 Å². The summed E-state index contributed by atoms with van der Waals surface area (Å²) >= 11 is 0. The molecule has 1 atom stereocenters. The number of hydrogen-bond donors (Lipinski definition) is 3. The number of ether oxygens (including phenoxy) is 2. The number of aliphatic hydroxyl groups is 2. The number of aliphatic hydroxyl groups excluding tert-OH is 1. The highest BCUT2D eigenvalue weighted by Crippen LogP contribution is 2.39. The van der Waals surface area contributed by atoms with Gasteiger partial charge < -0.3 is 25.0 Å². The average Bonchev–Trinajstić information content (AvgIpc) is 3.51. The number of carbonyl (C=O) groups is 2. The maximum absolute atomic E-state index is 13.1. The van der Waals surface area contributed by atoms with Crippen LogP contribution in [-0.4, -0.2) is 44.2 Å². The van der Waals surface area contributed by atoms with Crippen LogP contribution in [0.3, 0.4) is 0 Å². The van der Waals surface area contributed by atoms with Gasteiger partial charge in [0, 0.05) is 5.56 Å². The van der Waals surface area contributed by atoms with Crippen molar-refractivity contribution in [3.8, 4) is 16.9 Å². The number of aryl methyl sites for hydroxylation is 1. The summed E-state index contributed by atoms with van der Waals surface area (Å²) in [6.45, 7) is 5.76. The first kappa shape index (κ1) is 31.9. The van der Waals surface area contributed by atoms with Crippen molar-refractivity contribution in [2.75, 3.05) is 0 Å². The van der Waals surface area contributed by atoms with E-state index in [1.54, 1.807) is 0 Å². The Labute approximate surface area is 263 Å². The van der Waals surface area contributed by atoms with Gasteiger partial charge in [0.2, 0.25) is 0 Å². The first-order valence-corrected chi connectivity index (χ1v) is 15.4. The molecule has 4 aromatic rings. The van der Waals surface area contributed by atoms with E-state index >= 15 is 0 Å². The number of rotatable bonds is 10. The highest BCUT2D eigenvalue weighted by atomic mass is 16.6. The largest absolute Gasteiger partial charge is 0.461 e. The summed E-state index contributed by atoms with van der Waals surface area (Å²) in [5.41, 5.74) is 4.76. The number of esters is 1. The first-order chi connectivity index (χ1) is 21.6. The molecule has 0 aliphatic heterocycles. The van der Waals surface area contributed by atoms with Gasteiger partial charge in [-0.25, -0.2) is 14.3 Å². The molecule has 1 heterocycles. The Morgan fingerprint density at radius 2 is 1.64 bits per heavy atom. The van der Waals surface area contributed by atoms with Gasteiger partial charge in [-0.1, -0.05) is 86.1 Å². The number of amides is 1. The lowest BCUT2D eigenvalue weighted by molar-refractivity contribution is -0.157. The number of carbonyl (C=O) groups excluding carboxylic acids is 2. The molecule has 9 heteroatoms. The lowest BCUT2D eigenvalue weighted by Gasteiger charge is -2.35. The molecule has 1 saturated carbocycles. The van der Waals surface area contributed by atoms with Crippen molar-refractivity contribution >= 4 is 12.1 Å². The number of aromatic nitrogens is 2. The van der Waals surface area contributed by atoms with E-state index in [9.17, 15) is 19.8 Å². The van der Waals surface area contributed by atoms with Crippen molar-refractivity contribution in [1.82, 2.24) is 15.1 Å². The zero-order chi connectivity index (χ0) is 32.0. The molecule has 45 heavy (non-hydrogen) atoms. The highest BCUT2D eigenvalue weighted by molar-refractivity contribution is 5.81. The molecule has 1 fully saturated rings. The Balaban J connectivity index is 1.25. The quantitative estimate of drug-likeness (QED) is 0.189. The third kappa shape index (κ3) is 7.79. The summed E-state index contributed by atoms with van der Waals surface area (Å²) in [5, 5.41) is 28.8. The maximum atomic E-state index is 13.1. The summed E-state index contributed by atoms with van der Waals surface area (Å²) in [4.78, 5) is 25.6. The van der Waals surface area contributed by atoms with Crippen LogP contribution in [0.1, 0.15) is 61.9 Å². The Kier molecular flexibility index (Phi) is 10.0. The molecule has 0 bridgehead atoms. The van der Waals surface area contributed by atoms with E-state index in [-0.39, 0.29) is 19.1 Å². The van der Waals surface area contributed by atoms with Gasteiger partial charge in [0.25, 0.3) is 0 Å². The molecule has 5 rings (SSSR count). The number of alkyl carbamates (subject to hydrolysis) is 1. The minimum Gasteiger partial charge on any atom is -0.461 e. The van der Waals surface area contributed by atoms with Gasteiger partial charge in [-0.2, -0.15) is 5.10 Å². The minimum atomic E-state index is -1.20. The fourth-order valence-electron chi connectivity index (χ4n) is 5.55. The van der Waals surface area contributed by atoms with E-state index in [0.29, 0.717) is 31.4 Å². The summed E-state index contributed by atoms with van der Waals surface area (Å²) in [6, 6.07) is 26.0. The third-order valence-electron chi connectivity index (χ3n) is 8.35. The standard InChI is InChI=1S/C36H41N3O6/c1-24(2)33(37-35(42)44-23-27-7-5-4-6-8-27)34(41)45-30-17-19-36(43,20-18-30)32-21-31(28-13-9-25(3)10-14-28)39(38-32)29-15-11-26(22-40)12-16-29/h4-16,21,24,30,33,40,43H,17-20,22-23H2,1-3H3,(H,37,42)/t30?,33-,36?/m0/s1. The predicted molar refractivity (Wildman–Crippen MR) is 170 cm³/mol. The molecule has 236 valence electrons. The highest BCUT2D eigenvalue weighted by Gasteiger charge is 2.40. The topological polar surface area (TPSA) is 123 Å². The zero-order valence-corrected chi connectivity index (χ0v) is 26.0. The van der Waals surface area contributed by atoms with Crippen molar-refractivity contribution in [2.45, 2.75) is 77.4 Å². The van der Waals surface area contributed by atoms with Gasteiger partial charge in [-0.3, -0.25) is 0 Å². The number of nitrogens with one attached hydrogen (secondary N) is 1. The fourth-order valence-corrected chi connectivity index (χ4v) is 5.55. The van der Waals surface area contributed by atoms with Crippen LogP contribution >= 0.6 is 0 Å². The van der Waals surface area contributed by atoms with Crippen LogP contribution in [0.4, 0.5) is 4.79 Å². The van der Waals surface area contributed by atoms with E-state index in [1.165, 1.54) is 0 Å². The van der Waals surface area contributed by atoms with Crippen molar-refractivity contribution < 1.29 is 29.3 Å². The van der Waals surface area contributed by atoms with Gasteiger partial charge in [-0.05, 0) is 67.9 Å². The summed E-state index contributed by atoms with van der Waals surface area (Å²) in [6.07, 6.45) is 0.534. The third-order valence-corrected chi connectivity index (χ3v) is 8.35. The van der Waals surface area contributed by atoms with Gasteiger partial charge in [0.05, 0.1) is 23.7 Å². The molecular formula is C36H41N3O6.